The van der Waals surface area contributed by atoms with E-state index in [2.05, 4.69) is 40.1 Å². The van der Waals surface area contributed by atoms with Gasteiger partial charge < -0.3 is 4.90 Å². The van der Waals surface area contributed by atoms with Crippen LogP contribution in [0, 0.1) is 0 Å². The average molecular weight is 522 g/mol. The molecule has 0 N–H and O–H groups in total. The van der Waals surface area contributed by atoms with Crippen LogP contribution in [0.3, 0.4) is 0 Å². The molecule has 3 nitrogen and oxygen atoms in total. The van der Waals surface area contributed by atoms with E-state index < -0.39 is 0 Å². The zero-order chi connectivity index (χ0) is 25.0. The molecule has 2 aliphatic rings. The van der Waals surface area contributed by atoms with E-state index in [1.807, 2.05) is 42.5 Å². The number of hydrogen-bond donors (Lipinski definition) is 0. The third kappa shape index (κ3) is 5.80. The SMILES string of the molecule is O=C(Cc1ccccc1)N1CCCC(CCCN2CCc3ccccc3C2)(c2ccc(Cl)c(Cl)c2)C1. The minimum atomic E-state index is -0.105. The molecule has 36 heavy (non-hydrogen) atoms. The Bertz CT molecular complexity index is 1200. The van der Waals surface area contributed by atoms with Crippen LogP contribution in [0.5, 0.6) is 0 Å². The molecule has 5 heteroatoms. The van der Waals surface area contributed by atoms with Crippen LogP contribution in [0.2, 0.25) is 10.0 Å². The van der Waals surface area contributed by atoms with Crippen molar-refractivity contribution in [1.29, 1.82) is 0 Å². The fraction of sp³-hybridized carbons (Fsp3) is 0.387. The van der Waals surface area contributed by atoms with E-state index >= 15 is 0 Å². The van der Waals surface area contributed by atoms with E-state index in [-0.39, 0.29) is 11.3 Å². The van der Waals surface area contributed by atoms with Crippen molar-refractivity contribution in [3.05, 3.63) is 105 Å². The normalized spacial score (nSPS) is 20.2. The van der Waals surface area contributed by atoms with Gasteiger partial charge in [0, 0.05) is 31.6 Å². The fourth-order valence-corrected chi connectivity index (χ4v) is 6.32. The second kappa shape index (κ2) is 11.4. The zero-order valence-corrected chi connectivity index (χ0v) is 22.3. The maximum atomic E-state index is 13.3. The number of benzene rings is 3. The quantitative estimate of drug-likeness (QED) is 0.337. The molecule has 3 aromatic rings. The van der Waals surface area contributed by atoms with Crippen molar-refractivity contribution < 1.29 is 4.79 Å². The van der Waals surface area contributed by atoms with Crippen LogP contribution in [0.25, 0.3) is 0 Å². The molecule has 1 fully saturated rings. The highest BCUT2D eigenvalue weighted by atomic mass is 35.5. The first-order valence-electron chi connectivity index (χ1n) is 13.1. The molecule has 1 saturated heterocycles. The number of fused-ring (bicyclic) bond motifs is 1. The number of nitrogens with zero attached hydrogens (tertiary/aromatic N) is 2. The van der Waals surface area contributed by atoms with Gasteiger partial charge in [-0.15, -0.1) is 0 Å². The van der Waals surface area contributed by atoms with Gasteiger partial charge in [-0.1, -0.05) is 83.9 Å². The largest absolute Gasteiger partial charge is 0.342 e. The van der Waals surface area contributed by atoms with Crippen LogP contribution in [0.4, 0.5) is 0 Å². The smallest absolute Gasteiger partial charge is 0.227 e. The molecule has 1 unspecified atom stereocenters. The summed E-state index contributed by atoms with van der Waals surface area (Å²) in [4.78, 5) is 18.0. The first-order valence-corrected chi connectivity index (χ1v) is 13.8. The number of carbonyl (C=O) groups is 1. The first kappa shape index (κ1) is 25.3. The Morgan fingerprint density at radius 2 is 1.67 bits per heavy atom. The van der Waals surface area contributed by atoms with Crippen LogP contribution < -0.4 is 0 Å². The van der Waals surface area contributed by atoms with Crippen LogP contribution in [0.15, 0.2) is 72.8 Å². The summed E-state index contributed by atoms with van der Waals surface area (Å²) in [5, 5.41) is 1.17. The molecule has 0 bridgehead atoms. The number of carbonyl (C=O) groups excluding carboxylic acids is 1. The Labute approximate surface area is 225 Å². The second-order valence-corrected chi connectivity index (χ2v) is 11.2. The number of rotatable bonds is 7. The summed E-state index contributed by atoms with van der Waals surface area (Å²) in [5.74, 6) is 0.206. The van der Waals surface area contributed by atoms with Crippen molar-refractivity contribution >= 4 is 29.1 Å². The molecule has 0 saturated carbocycles. The molecule has 0 spiro atoms. The van der Waals surface area contributed by atoms with Crippen LogP contribution in [0.1, 0.15) is 47.9 Å². The molecule has 3 aromatic carbocycles. The van der Waals surface area contributed by atoms with Gasteiger partial charge in [-0.25, -0.2) is 0 Å². The maximum absolute atomic E-state index is 13.3. The Morgan fingerprint density at radius 1 is 0.889 bits per heavy atom. The van der Waals surface area contributed by atoms with Gasteiger partial charge in [0.05, 0.1) is 16.5 Å². The van der Waals surface area contributed by atoms with E-state index in [0.717, 1.165) is 70.4 Å². The van der Waals surface area contributed by atoms with Crippen molar-refractivity contribution in [3.8, 4) is 0 Å². The molecular formula is C31H34Cl2N2O. The van der Waals surface area contributed by atoms with Gasteiger partial charge >= 0.3 is 0 Å². The molecule has 188 valence electrons. The van der Waals surface area contributed by atoms with Gasteiger partial charge in [0.1, 0.15) is 0 Å². The summed E-state index contributed by atoms with van der Waals surface area (Å²) in [6.07, 6.45) is 5.74. The first-order chi connectivity index (χ1) is 17.5. The Hall–Kier alpha value is -2.33. The molecule has 0 aromatic heterocycles. The van der Waals surface area contributed by atoms with Crippen molar-refractivity contribution in [2.75, 3.05) is 26.2 Å². The van der Waals surface area contributed by atoms with Gasteiger partial charge in [-0.2, -0.15) is 0 Å². The van der Waals surface area contributed by atoms with Crippen molar-refractivity contribution in [1.82, 2.24) is 9.80 Å². The van der Waals surface area contributed by atoms with Gasteiger partial charge in [-0.3, -0.25) is 9.69 Å². The van der Waals surface area contributed by atoms with Crippen molar-refractivity contribution in [2.24, 2.45) is 0 Å². The Balaban J connectivity index is 1.31. The minimum absolute atomic E-state index is 0.105. The van der Waals surface area contributed by atoms with Gasteiger partial charge in [-0.05, 0) is 73.0 Å². The number of hydrogen-bond acceptors (Lipinski definition) is 2. The molecule has 1 amide bonds. The lowest BCUT2D eigenvalue weighted by Gasteiger charge is -2.44. The van der Waals surface area contributed by atoms with Crippen LogP contribution in [-0.2, 0) is 29.6 Å². The second-order valence-electron chi connectivity index (χ2n) is 10.4. The van der Waals surface area contributed by atoms with Crippen LogP contribution in [-0.4, -0.2) is 41.9 Å². The highest BCUT2D eigenvalue weighted by Gasteiger charge is 2.38. The topological polar surface area (TPSA) is 23.6 Å². The van der Waals surface area contributed by atoms with Gasteiger partial charge in [0.25, 0.3) is 0 Å². The Kier molecular flexibility index (Phi) is 8.00. The van der Waals surface area contributed by atoms with Crippen LogP contribution >= 0.6 is 23.2 Å². The summed E-state index contributed by atoms with van der Waals surface area (Å²) < 4.78 is 0. The zero-order valence-electron chi connectivity index (χ0n) is 20.8. The standard InChI is InChI=1S/C31H34Cl2N2O/c32-28-13-12-27(21-29(28)33)31(15-6-17-34-19-14-25-10-4-5-11-26(25)22-34)16-7-18-35(23-31)30(36)20-24-8-2-1-3-9-24/h1-5,8-13,21H,6-7,14-20,22-23H2. The summed E-state index contributed by atoms with van der Waals surface area (Å²) in [5.41, 5.74) is 5.11. The van der Waals surface area contributed by atoms with E-state index in [1.54, 1.807) is 0 Å². The van der Waals surface area contributed by atoms with E-state index in [4.69, 9.17) is 23.2 Å². The van der Waals surface area contributed by atoms with Gasteiger partial charge in [0.15, 0.2) is 0 Å². The number of likely N-dealkylation sites (tertiary alicyclic amines) is 1. The van der Waals surface area contributed by atoms with E-state index in [9.17, 15) is 4.79 Å². The highest BCUT2D eigenvalue weighted by molar-refractivity contribution is 6.42. The van der Waals surface area contributed by atoms with Crippen molar-refractivity contribution in [2.45, 2.75) is 50.5 Å². The molecule has 0 aliphatic carbocycles. The fourth-order valence-electron chi connectivity index (χ4n) is 6.02. The van der Waals surface area contributed by atoms with Gasteiger partial charge in [0.2, 0.25) is 5.91 Å². The van der Waals surface area contributed by atoms with Crippen molar-refractivity contribution in [3.63, 3.8) is 0 Å². The van der Waals surface area contributed by atoms with E-state index in [1.165, 1.54) is 16.7 Å². The predicted octanol–water partition coefficient (Wildman–Crippen LogP) is 6.93. The maximum Gasteiger partial charge on any atom is 0.227 e. The molecular weight excluding hydrogens is 487 g/mol. The number of halogens is 2. The summed E-state index contributed by atoms with van der Waals surface area (Å²) in [6, 6.07) is 24.9. The van der Waals surface area contributed by atoms with E-state index in [0.29, 0.717) is 16.5 Å². The highest BCUT2D eigenvalue weighted by Crippen LogP contribution is 2.41. The third-order valence-corrected chi connectivity index (χ3v) is 8.74. The lowest BCUT2D eigenvalue weighted by Crippen LogP contribution is -2.49. The predicted molar refractivity (Wildman–Crippen MR) is 149 cm³/mol. The molecule has 2 aliphatic heterocycles. The third-order valence-electron chi connectivity index (χ3n) is 8.00. The molecule has 1 atom stereocenters. The average Bonchev–Trinajstić information content (AvgIpc) is 2.91. The summed E-state index contributed by atoms with van der Waals surface area (Å²) in [7, 11) is 0. The number of amides is 1. The summed E-state index contributed by atoms with van der Waals surface area (Å²) in [6.45, 7) is 4.75. The molecule has 2 heterocycles. The number of piperidine rings is 1. The molecule has 0 radical (unpaired) electrons. The monoisotopic (exact) mass is 520 g/mol. The lowest BCUT2D eigenvalue weighted by atomic mass is 9.71. The molecule has 5 rings (SSSR count). The summed E-state index contributed by atoms with van der Waals surface area (Å²) >= 11 is 12.8. The minimum Gasteiger partial charge on any atom is -0.342 e. The lowest BCUT2D eigenvalue weighted by molar-refractivity contribution is -0.132. The Morgan fingerprint density at radius 3 is 2.47 bits per heavy atom.